The first kappa shape index (κ1) is 15.8. The molecule has 0 radical (unpaired) electrons. The molecule has 2 N–H and O–H groups in total. The first-order chi connectivity index (χ1) is 9.79. The first-order valence-corrected chi connectivity index (χ1v) is 7.98. The van der Waals surface area contributed by atoms with Crippen LogP contribution >= 0.6 is 0 Å². The Hall–Kier alpha value is -1.54. The molecule has 1 saturated carbocycles. The Morgan fingerprint density at radius 1 is 1.24 bits per heavy atom. The lowest BCUT2D eigenvalue weighted by atomic mass is 9.86. The lowest BCUT2D eigenvalue weighted by molar-refractivity contribution is -0.143. The molecule has 2 rings (SSSR count). The van der Waals surface area contributed by atoms with Gasteiger partial charge >= 0.3 is 5.97 Å². The Kier molecular flexibility index (Phi) is 4.58. The quantitative estimate of drug-likeness (QED) is 0.887. The van der Waals surface area contributed by atoms with E-state index in [9.17, 15) is 22.0 Å². The first-order valence-electron chi connectivity index (χ1n) is 6.50. The average molecular weight is 319 g/mol. The number of aliphatic carboxylic acids is 1. The van der Waals surface area contributed by atoms with Gasteiger partial charge < -0.3 is 5.11 Å². The van der Waals surface area contributed by atoms with Gasteiger partial charge in [-0.3, -0.25) is 4.79 Å². The van der Waals surface area contributed by atoms with Gasteiger partial charge in [0.15, 0.2) is 11.6 Å². The zero-order chi connectivity index (χ0) is 15.6. The molecule has 0 amide bonds. The third-order valence-corrected chi connectivity index (χ3v) is 5.06. The fourth-order valence-corrected chi connectivity index (χ4v) is 3.75. The number of rotatable bonds is 4. The summed E-state index contributed by atoms with van der Waals surface area (Å²) in [5, 5.41) is 8.97. The van der Waals surface area contributed by atoms with Crippen LogP contribution in [0.3, 0.4) is 0 Å². The van der Waals surface area contributed by atoms with Gasteiger partial charge in [0, 0.05) is 6.04 Å². The molecule has 1 aromatic carbocycles. The topological polar surface area (TPSA) is 83.5 Å². The number of halogens is 2. The molecule has 2 unspecified atom stereocenters. The van der Waals surface area contributed by atoms with Crippen LogP contribution in [-0.4, -0.2) is 25.5 Å². The molecular formula is C13H15F2NO4S. The Morgan fingerprint density at radius 2 is 1.95 bits per heavy atom. The minimum absolute atomic E-state index is 0.193. The zero-order valence-corrected chi connectivity index (χ0v) is 11.9. The van der Waals surface area contributed by atoms with Gasteiger partial charge in [-0.05, 0) is 37.5 Å². The maximum atomic E-state index is 13.1. The number of nitrogens with one attached hydrogen (secondary N) is 1. The van der Waals surface area contributed by atoms with E-state index in [0.29, 0.717) is 25.3 Å². The van der Waals surface area contributed by atoms with E-state index in [1.54, 1.807) is 0 Å². The molecule has 0 bridgehead atoms. The Bertz CT molecular complexity index is 648. The van der Waals surface area contributed by atoms with Crippen LogP contribution in [0.25, 0.3) is 0 Å². The summed E-state index contributed by atoms with van der Waals surface area (Å²) in [5.74, 6) is -3.91. The predicted octanol–water partition coefficient (Wildman–Crippen LogP) is 1.89. The largest absolute Gasteiger partial charge is 0.481 e. The van der Waals surface area contributed by atoms with Crippen LogP contribution in [0, 0.1) is 17.6 Å². The molecule has 1 aliphatic carbocycles. The minimum atomic E-state index is -4.00. The molecule has 0 aromatic heterocycles. The molecule has 1 fully saturated rings. The molecule has 5 nitrogen and oxygen atoms in total. The van der Waals surface area contributed by atoms with Crippen molar-refractivity contribution in [3.63, 3.8) is 0 Å². The third kappa shape index (κ3) is 3.76. The van der Waals surface area contributed by atoms with Gasteiger partial charge in [-0.2, -0.15) is 0 Å². The second kappa shape index (κ2) is 6.07. The van der Waals surface area contributed by atoms with Gasteiger partial charge in [-0.15, -0.1) is 0 Å². The lowest BCUT2D eigenvalue weighted by Crippen LogP contribution is -2.39. The highest BCUT2D eigenvalue weighted by Gasteiger charge is 2.30. The van der Waals surface area contributed by atoms with E-state index < -0.39 is 39.6 Å². The van der Waals surface area contributed by atoms with Gasteiger partial charge in [0.2, 0.25) is 10.0 Å². The van der Waals surface area contributed by atoms with E-state index in [-0.39, 0.29) is 11.3 Å². The molecule has 1 aliphatic rings. The van der Waals surface area contributed by atoms with E-state index in [1.807, 2.05) is 0 Å². The van der Waals surface area contributed by atoms with Crippen molar-refractivity contribution in [2.24, 2.45) is 5.92 Å². The Labute approximate surface area is 121 Å². The highest BCUT2D eigenvalue weighted by Crippen LogP contribution is 2.26. The second-order valence-corrected chi connectivity index (χ2v) is 6.81. The van der Waals surface area contributed by atoms with Crippen LogP contribution in [0.4, 0.5) is 8.78 Å². The fourth-order valence-electron chi connectivity index (χ4n) is 2.45. The van der Waals surface area contributed by atoms with Gasteiger partial charge in [0.1, 0.15) is 0 Å². The van der Waals surface area contributed by atoms with Crippen molar-refractivity contribution in [1.82, 2.24) is 4.72 Å². The van der Waals surface area contributed by atoms with Gasteiger partial charge in [0.05, 0.1) is 10.8 Å². The van der Waals surface area contributed by atoms with Crippen LogP contribution < -0.4 is 4.72 Å². The van der Waals surface area contributed by atoms with E-state index in [2.05, 4.69) is 4.72 Å². The third-order valence-electron chi connectivity index (χ3n) is 3.55. The number of carbonyl (C=O) groups is 1. The normalized spacial score (nSPS) is 23.0. The molecule has 21 heavy (non-hydrogen) atoms. The minimum Gasteiger partial charge on any atom is -0.481 e. The number of carboxylic acid groups (broad SMARTS) is 1. The van der Waals surface area contributed by atoms with Crippen molar-refractivity contribution >= 4 is 16.0 Å². The molecule has 116 valence electrons. The van der Waals surface area contributed by atoms with E-state index in [1.165, 1.54) is 0 Å². The predicted molar refractivity (Wildman–Crippen MR) is 70.1 cm³/mol. The van der Waals surface area contributed by atoms with Crippen LogP contribution in [0.15, 0.2) is 23.1 Å². The molecule has 0 aliphatic heterocycles. The van der Waals surface area contributed by atoms with Crippen molar-refractivity contribution in [2.75, 3.05) is 0 Å². The summed E-state index contributed by atoms with van der Waals surface area (Å²) in [5.41, 5.74) is 0. The molecular weight excluding hydrogens is 304 g/mol. The van der Waals surface area contributed by atoms with Crippen LogP contribution in [0.2, 0.25) is 0 Å². The summed E-state index contributed by atoms with van der Waals surface area (Å²) >= 11 is 0. The number of benzene rings is 1. The van der Waals surface area contributed by atoms with E-state index in [4.69, 9.17) is 5.11 Å². The number of carboxylic acids is 1. The van der Waals surface area contributed by atoms with Crippen molar-refractivity contribution in [3.05, 3.63) is 29.8 Å². The van der Waals surface area contributed by atoms with Crippen molar-refractivity contribution < 1.29 is 27.1 Å². The lowest BCUT2D eigenvalue weighted by Gasteiger charge is -2.27. The van der Waals surface area contributed by atoms with Crippen molar-refractivity contribution in [1.29, 1.82) is 0 Å². The Morgan fingerprint density at radius 3 is 2.57 bits per heavy atom. The molecule has 0 spiro atoms. The maximum absolute atomic E-state index is 13.1. The maximum Gasteiger partial charge on any atom is 0.306 e. The molecule has 0 heterocycles. The molecule has 8 heteroatoms. The van der Waals surface area contributed by atoms with Crippen molar-refractivity contribution in [2.45, 2.75) is 36.6 Å². The monoisotopic (exact) mass is 319 g/mol. The standard InChI is InChI=1S/C13H15F2NO4S/c14-11-5-4-10(7-12(11)15)21(19,20)16-9-3-1-2-8(6-9)13(17)18/h4-5,7-9,16H,1-3,6H2,(H,17,18). The van der Waals surface area contributed by atoms with Crippen LogP contribution in [0.5, 0.6) is 0 Å². The average Bonchev–Trinajstić information content (AvgIpc) is 2.41. The van der Waals surface area contributed by atoms with Gasteiger partial charge in [-0.1, -0.05) is 6.42 Å². The smallest absolute Gasteiger partial charge is 0.306 e. The van der Waals surface area contributed by atoms with Gasteiger partial charge in [-0.25, -0.2) is 21.9 Å². The highest BCUT2D eigenvalue weighted by molar-refractivity contribution is 7.89. The summed E-state index contributed by atoms with van der Waals surface area (Å²) in [6.45, 7) is 0. The zero-order valence-electron chi connectivity index (χ0n) is 11.1. The van der Waals surface area contributed by atoms with Crippen LogP contribution in [-0.2, 0) is 14.8 Å². The molecule has 0 saturated heterocycles. The fraction of sp³-hybridized carbons (Fsp3) is 0.462. The van der Waals surface area contributed by atoms with Crippen molar-refractivity contribution in [3.8, 4) is 0 Å². The highest BCUT2D eigenvalue weighted by atomic mass is 32.2. The number of hydrogen-bond donors (Lipinski definition) is 2. The summed E-state index contributed by atoms with van der Waals surface area (Å²) in [6, 6.07) is 1.80. The second-order valence-electron chi connectivity index (χ2n) is 5.10. The number of hydrogen-bond acceptors (Lipinski definition) is 3. The van der Waals surface area contributed by atoms with E-state index in [0.717, 1.165) is 12.1 Å². The SMILES string of the molecule is O=C(O)C1CCCC(NS(=O)(=O)c2ccc(F)c(F)c2)C1. The van der Waals surface area contributed by atoms with Crippen LogP contribution in [0.1, 0.15) is 25.7 Å². The van der Waals surface area contributed by atoms with Gasteiger partial charge in [0.25, 0.3) is 0 Å². The Balaban J connectivity index is 2.13. The number of sulfonamides is 1. The molecule has 1 aromatic rings. The summed E-state index contributed by atoms with van der Waals surface area (Å²) in [4.78, 5) is 10.6. The summed E-state index contributed by atoms with van der Waals surface area (Å²) in [6.07, 6.45) is 1.82. The summed E-state index contributed by atoms with van der Waals surface area (Å²) < 4.78 is 52.5. The van der Waals surface area contributed by atoms with E-state index >= 15 is 0 Å². The molecule has 2 atom stereocenters. The summed E-state index contributed by atoms with van der Waals surface area (Å²) in [7, 11) is -4.00.